The monoisotopic (exact) mass is 335 g/mol. The van der Waals surface area contributed by atoms with Crippen molar-refractivity contribution in [2.24, 2.45) is 7.05 Å². The van der Waals surface area contributed by atoms with E-state index >= 15 is 0 Å². The Hall–Kier alpha value is -1.44. The summed E-state index contributed by atoms with van der Waals surface area (Å²) in [6.45, 7) is 9.53. The first-order valence-corrected chi connectivity index (χ1v) is 8.96. The van der Waals surface area contributed by atoms with Gasteiger partial charge in [-0.15, -0.1) is 0 Å². The Morgan fingerprint density at radius 3 is 2.67 bits per heavy atom. The van der Waals surface area contributed by atoms with Crippen LogP contribution in [0.15, 0.2) is 12.4 Å². The van der Waals surface area contributed by atoms with Gasteiger partial charge in [0.25, 0.3) is 0 Å². The molecular formula is C17H29N5O2. The molecular weight excluding hydrogens is 306 g/mol. The molecule has 1 aromatic heterocycles. The van der Waals surface area contributed by atoms with E-state index in [1.807, 2.05) is 24.3 Å². The first-order valence-electron chi connectivity index (χ1n) is 8.96. The van der Waals surface area contributed by atoms with Crippen LogP contribution >= 0.6 is 0 Å². The van der Waals surface area contributed by atoms with Crippen molar-refractivity contribution in [3.63, 3.8) is 0 Å². The predicted octanol–water partition coefficient (Wildman–Crippen LogP) is 0.175. The summed E-state index contributed by atoms with van der Waals surface area (Å²) in [5.41, 5.74) is 0. The third-order valence-electron chi connectivity index (χ3n) is 5.06. The van der Waals surface area contributed by atoms with Gasteiger partial charge in [0.05, 0.1) is 25.8 Å². The van der Waals surface area contributed by atoms with Crippen molar-refractivity contribution in [3.8, 4) is 0 Å². The lowest BCUT2D eigenvalue weighted by Crippen LogP contribution is -2.52. The van der Waals surface area contributed by atoms with Crippen LogP contribution < -0.4 is 0 Å². The highest BCUT2D eigenvalue weighted by molar-refractivity contribution is 5.78. The van der Waals surface area contributed by atoms with Crippen LogP contribution in [0.1, 0.15) is 19.2 Å². The number of rotatable bonds is 5. The third kappa shape index (κ3) is 4.34. The smallest absolute Gasteiger partial charge is 0.236 e. The fraction of sp³-hybridized carbons (Fsp3) is 0.765. The van der Waals surface area contributed by atoms with E-state index in [0.717, 1.165) is 58.1 Å². The molecule has 24 heavy (non-hydrogen) atoms. The lowest BCUT2D eigenvalue weighted by Gasteiger charge is -2.37. The van der Waals surface area contributed by atoms with Gasteiger partial charge in [-0.25, -0.2) is 4.98 Å². The Morgan fingerprint density at radius 2 is 2.00 bits per heavy atom. The zero-order valence-corrected chi connectivity index (χ0v) is 14.9. The number of carbonyl (C=O) groups excluding carboxylic acids is 1. The molecule has 0 N–H and O–H groups in total. The summed E-state index contributed by atoms with van der Waals surface area (Å²) >= 11 is 0. The molecule has 0 saturated carbocycles. The van der Waals surface area contributed by atoms with E-state index in [2.05, 4.69) is 26.3 Å². The highest BCUT2D eigenvalue weighted by Crippen LogP contribution is 2.11. The molecule has 0 unspecified atom stereocenters. The molecule has 0 radical (unpaired) electrons. The molecule has 2 aliphatic rings. The molecule has 7 heteroatoms. The number of aryl methyl sites for hydroxylation is 1. The minimum absolute atomic E-state index is 0.206. The van der Waals surface area contributed by atoms with Gasteiger partial charge in [0.2, 0.25) is 5.91 Å². The van der Waals surface area contributed by atoms with Crippen molar-refractivity contribution in [1.29, 1.82) is 0 Å². The topological polar surface area (TPSA) is 53.8 Å². The number of hydrogen-bond acceptors (Lipinski definition) is 5. The highest BCUT2D eigenvalue weighted by atomic mass is 16.5. The van der Waals surface area contributed by atoms with Gasteiger partial charge in [-0.1, -0.05) is 6.92 Å². The van der Waals surface area contributed by atoms with E-state index in [9.17, 15) is 4.79 Å². The van der Waals surface area contributed by atoms with Crippen LogP contribution in [0, 0.1) is 0 Å². The Kier molecular flexibility index (Phi) is 5.86. The normalized spacial score (nSPS) is 23.6. The Morgan fingerprint density at radius 1 is 1.25 bits per heavy atom. The summed E-state index contributed by atoms with van der Waals surface area (Å²) in [4.78, 5) is 23.6. The van der Waals surface area contributed by atoms with Crippen LogP contribution in [0.3, 0.4) is 0 Å². The van der Waals surface area contributed by atoms with Gasteiger partial charge in [0.15, 0.2) is 0 Å². The van der Waals surface area contributed by atoms with Gasteiger partial charge < -0.3 is 14.2 Å². The Balaban J connectivity index is 1.42. The van der Waals surface area contributed by atoms with Crippen LogP contribution in [0.25, 0.3) is 0 Å². The summed E-state index contributed by atoms with van der Waals surface area (Å²) in [5, 5.41) is 0. The average molecular weight is 335 g/mol. The molecule has 0 aliphatic carbocycles. The number of morpholine rings is 1. The van der Waals surface area contributed by atoms with Crippen molar-refractivity contribution in [2.75, 3.05) is 52.4 Å². The van der Waals surface area contributed by atoms with Crippen molar-refractivity contribution in [3.05, 3.63) is 18.2 Å². The molecule has 1 amide bonds. The standard InChI is InChI=1S/C17H29N5O2/c1-3-15-12-22(10-11-24-15)17(23)14-21-8-6-20(7-9-21)13-16-18-4-5-19(16)2/h4-5,15H,3,6-14H2,1-2H3/t15-/m1/s1. The number of hydrogen-bond donors (Lipinski definition) is 0. The number of imidazole rings is 1. The van der Waals surface area contributed by atoms with Gasteiger partial charge in [-0.3, -0.25) is 14.6 Å². The maximum Gasteiger partial charge on any atom is 0.236 e. The molecule has 0 aromatic carbocycles. The largest absolute Gasteiger partial charge is 0.375 e. The molecule has 0 spiro atoms. The first kappa shape index (κ1) is 17.4. The maximum absolute atomic E-state index is 12.5. The zero-order chi connectivity index (χ0) is 16.9. The first-order chi connectivity index (χ1) is 11.7. The zero-order valence-electron chi connectivity index (χ0n) is 14.9. The number of carbonyl (C=O) groups is 1. The van der Waals surface area contributed by atoms with Gasteiger partial charge in [-0.05, 0) is 6.42 Å². The fourth-order valence-electron chi connectivity index (χ4n) is 3.34. The molecule has 1 atom stereocenters. The van der Waals surface area contributed by atoms with Crippen molar-refractivity contribution in [2.45, 2.75) is 26.0 Å². The maximum atomic E-state index is 12.5. The summed E-state index contributed by atoms with van der Waals surface area (Å²) in [5.74, 6) is 1.34. The second-order valence-electron chi connectivity index (χ2n) is 6.75. The van der Waals surface area contributed by atoms with Crippen LogP contribution in [-0.2, 0) is 23.1 Å². The number of nitrogens with zero attached hydrogens (tertiary/aromatic N) is 5. The number of amides is 1. The van der Waals surface area contributed by atoms with Crippen LogP contribution in [0.2, 0.25) is 0 Å². The van der Waals surface area contributed by atoms with E-state index in [0.29, 0.717) is 13.2 Å². The molecule has 0 bridgehead atoms. The number of aromatic nitrogens is 2. The summed E-state index contributed by atoms with van der Waals surface area (Å²) in [6, 6.07) is 0. The van der Waals surface area contributed by atoms with E-state index in [4.69, 9.17) is 4.74 Å². The van der Waals surface area contributed by atoms with Crippen LogP contribution in [0.4, 0.5) is 0 Å². The van der Waals surface area contributed by atoms with E-state index in [1.54, 1.807) is 0 Å². The molecule has 3 heterocycles. The van der Waals surface area contributed by atoms with Crippen molar-refractivity contribution < 1.29 is 9.53 Å². The summed E-state index contributed by atoms with van der Waals surface area (Å²) < 4.78 is 7.72. The molecule has 1 aromatic rings. The van der Waals surface area contributed by atoms with E-state index in [1.165, 1.54) is 0 Å². The van der Waals surface area contributed by atoms with E-state index in [-0.39, 0.29) is 12.0 Å². The average Bonchev–Trinajstić information content (AvgIpc) is 3.01. The molecule has 2 saturated heterocycles. The molecule has 3 rings (SSSR count). The quantitative estimate of drug-likeness (QED) is 0.768. The number of ether oxygens (including phenoxy) is 1. The Labute approximate surface area is 144 Å². The minimum Gasteiger partial charge on any atom is -0.375 e. The molecule has 2 aliphatic heterocycles. The van der Waals surface area contributed by atoms with Gasteiger partial charge in [-0.2, -0.15) is 0 Å². The summed E-state index contributed by atoms with van der Waals surface area (Å²) in [6.07, 6.45) is 5.00. The molecule has 7 nitrogen and oxygen atoms in total. The predicted molar refractivity (Wildman–Crippen MR) is 91.5 cm³/mol. The second-order valence-corrected chi connectivity index (χ2v) is 6.75. The van der Waals surface area contributed by atoms with Gasteiger partial charge >= 0.3 is 0 Å². The molecule has 134 valence electrons. The SMILES string of the molecule is CC[C@@H]1CN(C(=O)CN2CCN(Cc3nccn3C)CC2)CCO1. The fourth-order valence-corrected chi connectivity index (χ4v) is 3.34. The van der Waals surface area contributed by atoms with E-state index < -0.39 is 0 Å². The molecule has 2 fully saturated rings. The van der Waals surface area contributed by atoms with Crippen molar-refractivity contribution >= 4 is 5.91 Å². The lowest BCUT2D eigenvalue weighted by atomic mass is 10.2. The summed E-state index contributed by atoms with van der Waals surface area (Å²) in [7, 11) is 2.03. The number of piperazine rings is 1. The van der Waals surface area contributed by atoms with Gasteiger partial charge in [0, 0.05) is 58.7 Å². The van der Waals surface area contributed by atoms with Gasteiger partial charge in [0.1, 0.15) is 5.82 Å². The Bertz CT molecular complexity index is 539. The van der Waals surface area contributed by atoms with Crippen LogP contribution in [-0.4, -0.2) is 88.7 Å². The van der Waals surface area contributed by atoms with Crippen LogP contribution in [0.5, 0.6) is 0 Å². The lowest BCUT2D eigenvalue weighted by molar-refractivity contribution is -0.140. The minimum atomic E-state index is 0.206. The van der Waals surface area contributed by atoms with Crippen molar-refractivity contribution in [1.82, 2.24) is 24.3 Å². The second kappa shape index (κ2) is 8.09. The third-order valence-corrected chi connectivity index (χ3v) is 5.06. The highest BCUT2D eigenvalue weighted by Gasteiger charge is 2.26.